The van der Waals surface area contributed by atoms with Crippen LogP contribution in [0.25, 0.3) is 16.2 Å². The molecule has 0 aliphatic heterocycles. The smallest absolute Gasteiger partial charge is 0.318 e. The molecule has 0 atom stereocenters. The molecule has 0 aliphatic carbocycles. The third-order valence-corrected chi connectivity index (χ3v) is 7.06. The summed E-state index contributed by atoms with van der Waals surface area (Å²) < 4.78 is 56.9. The highest BCUT2D eigenvalue weighted by Crippen LogP contribution is 2.34. The van der Waals surface area contributed by atoms with Crippen molar-refractivity contribution in [3.63, 3.8) is 0 Å². The Kier molecular flexibility index (Phi) is 6.46. The van der Waals surface area contributed by atoms with Crippen molar-refractivity contribution in [3.05, 3.63) is 87.5 Å². The molecule has 5 aromatic rings. The van der Waals surface area contributed by atoms with Crippen molar-refractivity contribution in [1.82, 2.24) is 24.4 Å². The van der Waals surface area contributed by atoms with Crippen LogP contribution in [0.5, 0.6) is 0 Å². The minimum Gasteiger partial charge on any atom is -0.318 e. The van der Waals surface area contributed by atoms with Crippen LogP contribution in [-0.4, -0.2) is 30.3 Å². The molecule has 0 spiro atoms. The highest BCUT2D eigenvalue weighted by molar-refractivity contribution is 7.15. The predicted molar refractivity (Wildman–Crippen MR) is 131 cm³/mol. The van der Waals surface area contributed by atoms with Crippen LogP contribution in [0.3, 0.4) is 0 Å². The maximum atomic E-state index is 13.8. The van der Waals surface area contributed by atoms with Crippen LogP contribution in [0, 0.1) is 5.82 Å². The van der Waals surface area contributed by atoms with E-state index in [1.54, 1.807) is 6.07 Å². The number of fused-ring (bicyclic) bond motifs is 1. The first-order valence-electron chi connectivity index (χ1n) is 11.0. The van der Waals surface area contributed by atoms with E-state index in [1.165, 1.54) is 52.7 Å². The van der Waals surface area contributed by atoms with Gasteiger partial charge in [0, 0.05) is 22.2 Å². The molecule has 0 radical (unpaired) electrons. The molecule has 0 fully saturated rings. The van der Waals surface area contributed by atoms with Crippen molar-refractivity contribution in [1.29, 1.82) is 0 Å². The van der Waals surface area contributed by atoms with Crippen LogP contribution in [-0.2, 0) is 19.1 Å². The number of hydrogen-bond acceptors (Lipinski definition) is 5. The number of amides is 1. The molecule has 0 aliphatic rings. The van der Waals surface area contributed by atoms with Crippen molar-refractivity contribution in [2.24, 2.45) is 0 Å². The maximum absolute atomic E-state index is 13.8. The van der Waals surface area contributed by atoms with Gasteiger partial charge in [0.15, 0.2) is 17.0 Å². The monoisotopic (exact) mass is 548 g/mol. The molecule has 0 unspecified atom stereocenters. The molecular weight excluding hydrogens is 532 g/mol. The summed E-state index contributed by atoms with van der Waals surface area (Å²) >= 11 is 7.40. The highest BCUT2D eigenvalue weighted by atomic mass is 35.5. The van der Waals surface area contributed by atoms with Gasteiger partial charge in [-0.05, 0) is 42.3 Å². The first-order chi connectivity index (χ1) is 17.6. The Morgan fingerprint density at radius 2 is 1.97 bits per heavy atom. The summed E-state index contributed by atoms with van der Waals surface area (Å²) in [6.07, 6.45) is -1.09. The lowest BCUT2D eigenvalue weighted by Gasteiger charge is -2.10. The van der Waals surface area contributed by atoms with E-state index in [9.17, 15) is 22.4 Å². The summed E-state index contributed by atoms with van der Waals surface area (Å²) in [5.41, 5.74) is -0.342. The largest absolute Gasteiger partial charge is 0.433 e. The van der Waals surface area contributed by atoms with Gasteiger partial charge in [-0.15, -0.1) is 11.3 Å². The van der Waals surface area contributed by atoms with Gasteiger partial charge >= 0.3 is 6.18 Å². The topological polar surface area (TPSA) is 77.1 Å². The first-order valence-corrected chi connectivity index (χ1v) is 12.1. The summed E-state index contributed by atoms with van der Waals surface area (Å²) in [5.74, 6) is -1.20. The van der Waals surface area contributed by atoms with Crippen LogP contribution in [0.4, 0.5) is 23.2 Å². The number of nitrogens with one attached hydrogen (secondary N) is 1. The van der Waals surface area contributed by atoms with Crippen molar-refractivity contribution >= 4 is 40.2 Å². The van der Waals surface area contributed by atoms with Gasteiger partial charge in [-0.2, -0.15) is 23.4 Å². The number of rotatable bonds is 6. The number of aryl methyl sites for hydroxylation is 1. The second-order valence-electron chi connectivity index (χ2n) is 8.06. The molecule has 1 N–H and O–H groups in total. The number of alkyl halides is 3. The summed E-state index contributed by atoms with van der Waals surface area (Å²) in [4.78, 5) is 18.7. The molecule has 0 saturated heterocycles. The molecule has 1 aromatic carbocycles. The van der Waals surface area contributed by atoms with E-state index >= 15 is 0 Å². The average molecular weight is 549 g/mol. The van der Waals surface area contributed by atoms with Gasteiger partial charge in [-0.1, -0.05) is 24.6 Å². The number of anilines is 1. The number of benzene rings is 1. The van der Waals surface area contributed by atoms with Gasteiger partial charge in [-0.3, -0.25) is 9.48 Å². The second-order valence-corrected chi connectivity index (χ2v) is 9.64. The molecule has 13 heteroatoms. The van der Waals surface area contributed by atoms with Crippen molar-refractivity contribution in [2.45, 2.75) is 26.1 Å². The number of halogens is 5. The third-order valence-electron chi connectivity index (χ3n) is 5.45. The van der Waals surface area contributed by atoms with Crippen molar-refractivity contribution < 1.29 is 22.4 Å². The lowest BCUT2D eigenvalue weighted by atomic mass is 10.2. The van der Waals surface area contributed by atoms with Crippen LogP contribution in [0.15, 0.2) is 54.9 Å². The summed E-state index contributed by atoms with van der Waals surface area (Å²) in [5, 5.41) is 10.8. The Balaban J connectivity index is 1.41. The molecule has 4 heterocycles. The zero-order valence-electron chi connectivity index (χ0n) is 19.1. The van der Waals surface area contributed by atoms with Crippen LogP contribution >= 0.6 is 22.9 Å². The molecule has 0 bridgehead atoms. The SMILES string of the molecule is CCc1ccc(-c2cc(C(F)(F)F)n3nc(C(=O)Nc4cnn(Cc5ccc(F)cc5Cl)c4)cc3n2)s1. The van der Waals surface area contributed by atoms with Gasteiger partial charge in [0.05, 0.1) is 29.0 Å². The van der Waals surface area contributed by atoms with E-state index in [1.807, 2.05) is 13.0 Å². The zero-order valence-corrected chi connectivity index (χ0v) is 20.6. The lowest BCUT2D eigenvalue weighted by Crippen LogP contribution is -2.15. The van der Waals surface area contributed by atoms with E-state index in [-0.39, 0.29) is 34.3 Å². The van der Waals surface area contributed by atoms with E-state index < -0.39 is 23.6 Å². The van der Waals surface area contributed by atoms with Gasteiger partial charge < -0.3 is 5.32 Å². The van der Waals surface area contributed by atoms with E-state index in [4.69, 9.17) is 11.6 Å². The van der Waals surface area contributed by atoms with Crippen LogP contribution < -0.4 is 5.32 Å². The molecule has 5 rings (SSSR count). The van der Waals surface area contributed by atoms with Crippen molar-refractivity contribution in [2.75, 3.05) is 5.32 Å². The molecule has 7 nitrogen and oxygen atoms in total. The van der Waals surface area contributed by atoms with Gasteiger partial charge in [-0.25, -0.2) is 13.9 Å². The fraction of sp³-hybridized carbons (Fsp3) is 0.167. The minimum absolute atomic E-state index is 0.108. The Morgan fingerprint density at radius 1 is 1.16 bits per heavy atom. The molecule has 4 aromatic heterocycles. The van der Waals surface area contributed by atoms with Crippen molar-refractivity contribution in [3.8, 4) is 10.6 Å². The van der Waals surface area contributed by atoms with E-state index in [0.717, 1.165) is 17.4 Å². The lowest BCUT2D eigenvalue weighted by molar-refractivity contribution is -0.142. The molecule has 37 heavy (non-hydrogen) atoms. The standard InChI is InChI=1S/C24H17ClF4N6OS/c1-2-16-5-6-20(37-16)18-8-21(24(27,28)29)35-22(32-18)9-19(33-35)23(36)31-15-10-30-34(12-15)11-13-3-4-14(26)7-17(13)25/h3-10,12H,2,11H2,1H3,(H,31,36). The van der Waals surface area contributed by atoms with Gasteiger partial charge in [0.25, 0.3) is 5.91 Å². The fourth-order valence-electron chi connectivity index (χ4n) is 3.65. The number of aromatic nitrogens is 5. The summed E-state index contributed by atoms with van der Waals surface area (Å²) in [7, 11) is 0. The average Bonchev–Trinajstić information content (AvgIpc) is 3.59. The van der Waals surface area contributed by atoms with Crippen LogP contribution in [0.2, 0.25) is 5.02 Å². The van der Waals surface area contributed by atoms with Crippen LogP contribution in [0.1, 0.15) is 33.5 Å². The number of carbonyl (C=O) groups excluding carboxylic acids is 1. The highest BCUT2D eigenvalue weighted by Gasteiger charge is 2.36. The van der Waals surface area contributed by atoms with Gasteiger partial charge in [0.1, 0.15) is 5.82 Å². The Bertz CT molecular complexity index is 1620. The Hall–Kier alpha value is -3.77. The summed E-state index contributed by atoms with van der Waals surface area (Å²) in [6.45, 7) is 2.17. The number of nitrogens with zero attached hydrogens (tertiary/aromatic N) is 5. The fourth-order valence-corrected chi connectivity index (χ4v) is 4.79. The minimum atomic E-state index is -4.72. The number of thiophene rings is 1. The molecule has 1 amide bonds. The molecular formula is C24H17ClF4N6OS. The molecule has 190 valence electrons. The zero-order chi connectivity index (χ0) is 26.3. The summed E-state index contributed by atoms with van der Waals surface area (Å²) in [6, 6.07) is 9.67. The quantitative estimate of drug-likeness (QED) is 0.252. The Morgan fingerprint density at radius 3 is 2.68 bits per heavy atom. The van der Waals surface area contributed by atoms with E-state index in [2.05, 4.69) is 20.5 Å². The Labute approximate surface area is 216 Å². The number of carbonyl (C=O) groups is 1. The van der Waals surface area contributed by atoms with Gasteiger partial charge in [0.2, 0.25) is 0 Å². The second kappa shape index (κ2) is 9.60. The normalized spacial score (nSPS) is 11.8. The predicted octanol–water partition coefficient (Wildman–Crippen LogP) is 6.33. The maximum Gasteiger partial charge on any atom is 0.433 e. The first kappa shape index (κ1) is 24.9. The number of hydrogen-bond donors (Lipinski definition) is 1. The van der Waals surface area contributed by atoms with E-state index in [0.29, 0.717) is 15.0 Å². The third kappa shape index (κ3) is 5.20. The molecule has 0 saturated carbocycles.